The molecule has 1 unspecified atom stereocenters. The Balaban J connectivity index is 1.48. The maximum absolute atomic E-state index is 12.6. The second-order valence-electron chi connectivity index (χ2n) is 7.55. The van der Waals surface area contributed by atoms with Crippen molar-refractivity contribution in [3.63, 3.8) is 0 Å². The molecule has 7 nitrogen and oxygen atoms in total. The van der Waals surface area contributed by atoms with Gasteiger partial charge in [-0.1, -0.05) is 30.3 Å². The summed E-state index contributed by atoms with van der Waals surface area (Å²) in [5.74, 6) is 0.735. The zero-order chi connectivity index (χ0) is 19.7. The molecular weight excluding hydrogens is 356 g/mol. The molecule has 28 heavy (non-hydrogen) atoms. The van der Waals surface area contributed by atoms with Crippen LogP contribution in [-0.4, -0.2) is 51.2 Å². The van der Waals surface area contributed by atoms with Gasteiger partial charge in [-0.3, -0.25) is 14.4 Å². The number of nitrogens with one attached hydrogen (secondary N) is 1. The highest BCUT2D eigenvalue weighted by atomic mass is 16.2. The number of carbonyl (C=O) groups is 2. The maximum atomic E-state index is 12.6. The van der Waals surface area contributed by atoms with E-state index in [-0.39, 0.29) is 23.3 Å². The van der Waals surface area contributed by atoms with Crippen LogP contribution in [0.4, 0.5) is 0 Å². The maximum Gasteiger partial charge on any atom is 0.254 e. The predicted octanol–water partition coefficient (Wildman–Crippen LogP) is 1.23. The van der Waals surface area contributed by atoms with Crippen LogP contribution in [0.25, 0.3) is 0 Å². The number of fused-ring (bicyclic) bond motifs is 1. The summed E-state index contributed by atoms with van der Waals surface area (Å²) < 4.78 is 0. The highest BCUT2D eigenvalue weighted by Gasteiger charge is 2.30. The highest BCUT2D eigenvalue weighted by molar-refractivity contribution is 5.79. The lowest BCUT2D eigenvalue weighted by molar-refractivity contribution is -0.130. The van der Waals surface area contributed by atoms with Crippen LogP contribution in [0, 0.1) is 0 Å². The van der Waals surface area contributed by atoms with Gasteiger partial charge in [0.15, 0.2) is 0 Å². The van der Waals surface area contributed by atoms with Gasteiger partial charge in [-0.05, 0) is 18.4 Å². The van der Waals surface area contributed by atoms with Crippen molar-refractivity contribution >= 4 is 11.8 Å². The lowest BCUT2D eigenvalue weighted by atomic mass is 10.0. The van der Waals surface area contributed by atoms with Crippen molar-refractivity contribution in [3.8, 4) is 0 Å². The molecule has 0 saturated carbocycles. The van der Waals surface area contributed by atoms with Gasteiger partial charge in [0, 0.05) is 38.0 Å². The van der Waals surface area contributed by atoms with E-state index in [1.165, 1.54) is 6.92 Å². The third kappa shape index (κ3) is 3.69. The fraction of sp³-hybridized carbons (Fsp3) is 0.429. The lowest BCUT2D eigenvalue weighted by Gasteiger charge is -2.27. The standard InChI is InChI=1S/C21H24N4O3/c1-14(26)24-10-8-17-18(13-24)22-20(23-21(17)28)16-7-9-25(12-16)19(27)11-15-5-3-2-4-6-15/h2-6,16H,7-13H2,1H3,(H,22,23,28). The predicted molar refractivity (Wildman–Crippen MR) is 104 cm³/mol. The molecule has 1 N–H and O–H groups in total. The fourth-order valence-corrected chi connectivity index (χ4v) is 4.01. The van der Waals surface area contributed by atoms with E-state index in [0.717, 1.165) is 12.0 Å². The van der Waals surface area contributed by atoms with Crippen LogP contribution in [0.15, 0.2) is 35.1 Å². The normalized spacial score (nSPS) is 18.8. The third-order valence-electron chi connectivity index (χ3n) is 5.66. The van der Waals surface area contributed by atoms with E-state index in [2.05, 4.69) is 9.97 Å². The van der Waals surface area contributed by atoms with E-state index in [1.54, 1.807) is 4.90 Å². The average molecular weight is 380 g/mol. The fourth-order valence-electron chi connectivity index (χ4n) is 4.01. The lowest BCUT2D eigenvalue weighted by Crippen LogP contribution is -2.38. The third-order valence-corrected chi connectivity index (χ3v) is 5.66. The molecule has 2 aliphatic rings. The minimum atomic E-state index is -0.114. The number of amides is 2. The number of H-pyrrole nitrogens is 1. The number of likely N-dealkylation sites (tertiary alicyclic amines) is 1. The summed E-state index contributed by atoms with van der Waals surface area (Å²) in [6.07, 6.45) is 1.69. The first-order chi connectivity index (χ1) is 13.5. The average Bonchev–Trinajstić information content (AvgIpc) is 3.18. The number of carbonyl (C=O) groups excluding carboxylic acids is 2. The molecular formula is C21H24N4O3. The number of hydrogen-bond donors (Lipinski definition) is 1. The van der Waals surface area contributed by atoms with Gasteiger partial charge in [0.1, 0.15) is 5.82 Å². The van der Waals surface area contributed by atoms with Gasteiger partial charge >= 0.3 is 0 Å². The summed E-state index contributed by atoms with van der Waals surface area (Å²) in [4.78, 5) is 47.9. The van der Waals surface area contributed by atoms with Crippen molar-refractivity contribution in [1.29, 1.82) is 0 Å². The largest absolute Gasteiger partial charge is 0.342 e. The van der Waals surface area contributed by atoms with Crippen LogP contribution in [0.3, 0.4) is 0 Å². The van der Waals surface area contributed by atoms with Gasteiger partial charge < -0.3 is 14.8 Å². The molecule has 146 valence electrons. The Morgan fingerprint density at radius 2 is 1.96 bits per heavy atom. The summed E-state index contributed by atoms with van der Waals surface area (Å²) in [5, 5.41) is 0. The van der Waals surface area contributed by atoms with Gasteiger partial charge in [0.05, 0.1) is 18.7 Å². The Hall–Kier alpha value is -2.96. The summed E-state index contributed by atoms with van der Waals surface area (Å²) in [6, 6.07) is 9.71. The van der Waals surface area contributed by atoms with Crippen molar-refractivity contribution in [2.24, 2.45) is 0 Å². The first kappa shape index (κ1) is 18.4. The Labute approximate surface area is 163 Å². The van der Waals surface area contributed by atoms with E-state index in [9.17, 15) is 14.4 Å². The van der Waals surface area contributed by atoms with Gasteiger partial charge in [0.25, 0.3) is 5.56 Å². The highest BCUT2D eigenvalue weighted by Crippen LogP contribution is 2.26. The quantitative estimate of drug-likeness (QED) is 0.868. The van der Waals surface area contributed by atoms with Crippen molar-refractivity contribution in [2.75, 3.05) is 19.6 Å². The van der Waals surface area contributed by atoms with E-state index in [4.69, 9.17) is 0 Å². The van der Waals surface area contributed by atoms with E-state index >= 15 is 0 Å². The molecule has 4 rings (SSSR count). The minimum absolute atomic E-state index is 0.00664. The van der Waals surface area contributed by atoms with Crippen LogP contribution in [0.5, 0.6) is 0 Å². The summed E-state index contributed by atoms with van der Waals surface area (Å²) in [7, 11) is 0. The molecule has 3 heterocycles. The Morgan fingerprint density at radius 3 is 2.71 bits per heavy atom. The van der Waals surface area contributed by atoms with Crippen molar-refractivity contribution in [2.45, 2.75) is 38.6 Å². The zero-order valence-corrected chi connectivity index (χ0v) is 16.0. The van der Waals surface area contributed by atoms with Gasteiger partial charge in [-0.2, -0.15) is 0 Å². The topological polar surface area (TPSA) is 86.4 Å². The SMILES string of the molecule is CC(=O)N1CCc2c(nc(C3CCN(C(=O)Cc4ccccc4)C3)[nH]c2=O)C1. The molecule has 0 aliphatic carbocycles. The second-order valence-corrected chi connectivity index (χ2v) is 7.55. The number of nitrogens with zero attached hydrogens (tertiary/aromatic N) is 3. The van der Waals surface area contributed by atoms with Crippen LogP contribution >= 0.6 is 0 Å². The molecule has 1 aromatic carbocycles. The molecule has 2 aliphatic heterocycles. The molecule has 1 saturated heterocycles. The molecule has 0 spiro atoms. The molecule has 0 bridgehead atoms. The van der Waals surface area contributed by atoms with E-state index in [1.807, 2.05) is 35.2 Å². The van der Waals surface area contributed by atoms with Crippen molar-refractivity contribution in [3.05, 3.63) is 63.3 Å². The first-order valence-corrected chi connectivity index (χ1v) is 9.70. The van der Waals surface area contributed by atoms with Gasteiger partial charge in [0.2, 0.25) is 11.8 Å². The number of benzene rings is 1. The smallest absolute Gasteiger partial charge is 0.254 e. The van der Waals surface area contributed by atoms with Crippen LogP contribution in [-0.2, 0) is 29.0 Å². The second kappa shape index (κ2) is 7.58. The monoisotopic (exact) mass is 380 g/mol. The van der Waals surface area contributed by atoms with Crippen molar-refractivity contribution < 1.29 is 9.59 Å². The van der Waals surface area contributed by atoms with Crippen LogP contribution < -0.4 is 5.56 Å². The van der Waals surface area contributed by atoms with Crippen LogP contribution in [0.2, 0.25) is 0 Å². The summed E-state index contributed by atoms with van der Waals surface area (Å²) in [6.45, 7) is 3.69. The molecule has 1 atom stereocenters. The first-order valence-electron chi connectivity index (χ1n) is 9.70. The summed E-state index contributed by atoms with van der Waals surface area (Å²) in [5.41, 5.74) is 2.25. The Kier molecular flexibility index (Phi) is 4.98. The number of aromatic amines is 1. The number of aromatic nitrogens is 2. The number of hydrogen-bond acceptors (Lipinski definition) is 4. The summed E-state index contributed by atoms with van der Waals surface area (Å²) >= 11 is 0. The Morgan fingerprint density at radius 1 is 1.18 bits per heavy atom. The number of rotatable bonds is 3. The van der Waals surface area contributed by atoms with E-state index in [0.29, 0.717) is 56.1 Å². The van der Waals surface area contributed by atoms with Crippen LogP contribution in [0.1, 0.15) is 41.9 Å². The molecule has 2 aromatic rings. The molecule has 1 aromatic heterocycles. The van der Waals surface area contributed by atoms with Crippen molar-refractivity contribution in [1.82, 2.24) is 19.8 Å². The van der Waals surface area contributed by atoms with E-state index < -0.39 is 0 Å². The molecule has 7 heteroatoms. The molecule has 2 amide bonds. The molecule has 0 radical (unpaired) electrons. The zero-order valence-electron chi connectivity index (χ0n) is 16.0. The van der Waals surface area contributed by atoms with Gasteiger partial charge in [-0.15, -0.1) is 0 Å². The minimum Gasteiger partial charge on any atom is -0.342 e. The molecule has 1 fully saturated rings. The Bertz CT molecular complexity index is 954. The van der Waals surface area contributed by atoms with Gasteiger partial charge in [-0.25, -0.2) is 4.98 Å².